The van der Waals surface area contributed by atoms with Crippen LogP contribution in [-0.2, 0) is 15.6 Å². The number of phenols is 1. The van der Waals surface area contributed by atoms with Crippen LogP contribution in [0, 0.1) is 0 Å². The Hall–Kier alpha value is -1.51. The molecule has 1 N–H and O–H groups in total. The van der Waals surface area contributed by atoms with E-state index in [-0.39, 0.29) is 10.8 Å². The lowest BCUT2D eigenvalue weighted by molar-refractivity contribution is -0.308. The van der Waals surface area contributed by atoms with E-state index in [2.05, 4.69) is 48.5 Å². The molecule has 0 amide bonds. The minimum Gasteiger partial charge on any atom is -0.549 e. The van der Waals surface area contributed by atoms with Crippen LogP contribution in [0.5, 0.6) is 5.75 Å². The number of carboxylic acids is 1. The van der Waals surface area contributed by atoms with Crippen LogP contribution in [-0.4, -0.2) is 11.1 Å². The van der Waals surface area contributed by atoms with Crippen LogP contribution in [0.15, 0.2) is 12.1 Å². The summed E-state index contributed by atoms with van der Waals surface area (Å²) in [4.78, 5) is 12.1. The van der Waals surface area contributed by atoms with Gasteiger partial charge < -0.3 is 15.0 Å². The molecule has 3 heteroatoms. The largest absolute Gasteiger partial charge is 0.549 e. The minimum absolute atomic E-state index is 0.273. The predicted octanol–water partition coefficient (Wildman–Crippen LogP) is 9.47. The summed E-state index contributed by atoms with van der Waals surface area (Å²) >= 11 is 0. The number of phenolic OH excluding ortho intramolecular Hbond substituents is 1. The first-order valence-corrected chi connectivity index (χ1v) is 15.5. The second-order valence-corrected chi connectivity index (χ2v) is 13.4. The van der Waals surface area contributed by atoms with Crippen LogP contribution in [0.3, 0.4) is 0 Å². The van der Waals surface area contributed by atoms with Crippen molar-refractivity contribution in [1.29, 1.82) is 0 Å². The standard InChI is InChI=1S/C34H60O3/c1-8-9-10-11-12-13-14-15-16-17-18-19-20-21-22-23-24-28(32(36)37)27-25-29(33(2,3)4)31(35)30(26-27)34(5,6)7/h25-26,28,35H,8-24H2,1-7H3,(H,36,37)/p-1. The topological polar surface area (TPSA) is 60.4 Å². The molecule has 0 radical (unpaired) electrons. The van der Waals surface area contributed by atoms with Crippen molar-refractivity contribution in [2.24, 2.45) is 0 Å². The van der Waals surface area contributed by atoms with Crippen LogP contribution in [0.25, 0.3) is 0 Å². The summed E-state index contributed by atoms with van der Waals surface area (Å²) in [5.74, 6) is -1.34. The summed E-state index contributed by atoms with van der Waals surface area (Å²) in [6.45, 7) is 14.6. The molecular formula is C34H59O3-. The van der Waals surface area contributed by atoms with E-state index in [9.17, 15) is 15.0 Å². The van der Waals surface area contributed by atoms with Crippen LogP contribution in [0.1, 0.15) is 180 Å². The van der Waals surface area contributed by atoms with Crippen molar-refractivity contribution in [3.8, 4) is 5.75 Å². The first-order chi connectivity index (χ1) is 17.4. The average Bonchev–Trinajstić information content (AvgIpc) is 2.80. The number of rotatable bonds is 19. The number of carboxylic acid groups (broad SMARTS) is 1. The zero-order valence-electron chi connectivity index (χ0n) is 25.5. The fourth-order valence-corrected chi connectivity index (χ4v) is 5.32. The fraction of sp³-hybridized carbons (Fsp3) is 0.794. The van der Waals surface area contributed by atoms with Gasteiger partial charge in [0.25, 0.3) is 0 Å². The van der Waals surface area contributed by atoms with Gasteiger partial charge in [0.2, 0.25) is 0 Å². The number of aromatic hydroxyl groups is 1. The third kappa shape index (κ3) is 13.2. The van der Waals surface area contributed by atoms with Gasteiger partial charge in [0.1, 0.15) is 5.75 Å². The van der Waals surface area contributed by atoms with E-state index in [4.69, 9.17) is 0 Å². The summed E-state index contributed by atoms with van der Waals surface area (Å²) in [5, 5.41) is 23.1. The Balaban J connectivity index is 2.40. The second kappa shape index (κ2) is 17.2. The highest BCUT2D eigenvalue weighted by Gasteiger charge is 2.28. The molecule has 1 rings (SSSR count). The van der Waals surface area contributed by atoms with Gasteiger partial charge >= 0.3 is 0 Å². The quantitative estimate of drug-likeness (QED) is 0.187. The Morgan fingerprint density at radius 1 is 0.676 bits per heavy atom. The first-order valence-electron chi connectivity index (χ1n) is 15.5. The highest BCUT2D eigenvalue weighted by molar-refractivity contribution is 5.74. The molecule has 37 heavy (non-hydrogen) atoms. The Kier molecular flexibility index (Phi) is 15.5. The van der Waals surface area contributed by atoms with E-state index in [1.165, 1.54) is 89.9 Å². The molecule has 0 aliphatic carbocycles. The van der Waals surface area contributed by atoms with E-state index in [1.54, 1.807) is 0 Å². The van der Waals surface area contributed by atoms with Crippen molar-refractivity contribution in [2.75, 3.05) is 0 Å². The van der Waals surface area contributed by atoms with Crippen molar-refractivity contribution in [2.45, 2.75) is 174 Å². The van der Waals surface area contributed by atoms with E-state index in [1.807, 2.05) is 12.1 Å². The Morgan fingerprint density at radius 2 is 1.00 bits per heavy atom. The van der Waals surface area contributed by atoms with Crippen molar-refractivity contribution in [3.05, 3.63) is 28.8 Å². The minimum atomic E-state index is -1.01. The molecule has 0 aromatic heterocycles. The van der Waals surface area contributed by atoms with E-state index in [0.29, 0.717) is 12.2 Å². The molecular weight excluding hydrogens is 456 g/mol. The number of aliphatic carboxylic acids is 1. The van der Waals surface area contributed by atoms with Gasteiger partial charge in [-0.15, -0.1) is 0 Å². The van der Waals surface area contributed by atoms with Crippen molar-refractivity contribution in [3.63, 3.8) is 0 Å². The number of benzene rings is 1. The SMILES string of the molecule is CCCCCCCCCCCCCCCCCCC(C(=O)[O-])c1cc(C(C)(C)C)c(O)c(C(C)(C)C)c1. The van der Waals surface area contributed by atoms with E-state index in [0.717, 1.165) is 29.5 Å². The number of unbranched alkanes of at least 4 members (excludes halogenated alkanes) is 15. The monoisotopic (exact) mass is 515 g/mol. The smallest absolute Gasteiger partial charge is 0.123 e. The molecule has 0 fully saturated rings. The molecule has 1 aromatic carbocycles. The van der Waals surface area contributed by atoms with Gasteiger partial charge in [-0.05, 0) is 33.9 Å². The molecule has 0 heterocycles. The summed E-state index contributed by atoms with van der Waals surface area (Å²) < 4.78 is 0. The average molecular weight is 516 g/mol. The molecule has 1 aromatic rings. The van der Waals surface area contributed by atoms with Crippen molar-refractivity contribution in [1.82, 2.24) is 0 Å². The molecule has 0 aliphatic rings. The lowest BCUT2D eigenvalue weighted by Gasteiger charge is -2.30. The molecule has 1 atom stereocenters. The zero-order valence-corrected chi connectivity index (χ0v) is 25.5. The predicted molar refractivity (Wildman–Crippen MR) is 157 cm³/mol. The second-order valence-electron chi connectivity index (χ2n) is 13.4. The van der Waals surface area contributed by atoms with Gasteiger partial charge in [0, 0.05) is 11.9 Å². The number of hydrogen-bond acceptors (Lipinski definition) is 3. The zero-order chi connectivity index (χ0) is 27.9. The van der Waals surface area contributed by atoms with Crippen LogP contribution in [0.2, 0.25) is 0 Å². The third-order valence-electron chi connectivity index (χ3n) is 7.78. The van der Waals surface area contributed by atoms with Gasteiger partial charge in [-0.1, -0.05) is 163 Å². The maximum Gasteiger partial charge on any atom is 0.123 e. The van der Waals surface area contributed by atoms with Gasteiger partial charge in [-0.3, -0.25) is 0 Å². The molecule has 214 valence electrons. The van der Waals surface area contributed by atoms with Crippen LogP contribution in [0.4, 0.5) is 0 Å². The highest BCUT2D eigenvalue weighted by Crippen LogP contribution is 2.41. The van der Waals surface area contributed by atoms with E-state index < -0.39 is 11.9 Å². The lowest BCUT2D eigenvalue weighted by Crippen LogP contribution is -2.30. The maximum atomic E-state index is 12.1. The number of carbonyl (C=O) groups is 1. The highest BCUT2D eigenvalue weighted by atomic mass is 16.4. The number of carbonyl (C=O) groups excluding carboxylic acids is 1. The van der Waals surface area contributed by atoms with Gasteiger partial charge in [0.15, 0.2) is 0 Å². The summed E-state index contributed by atoms with van der Waals surface area (Å²) in [5.41, 5.74) is 1.85. The van der Waals surface area contributed by atoms with Crippen LogP contribution < -0.4 is 5.11 Å². The summed E-state index contributed by atoms with van der Waals surface area (Å²) in [6.07, 6.45) is 21.5. The Bertz CT molecular complexity index is 731. The Labute approximate surface area is 229 Å². The van der Waals surface area contributed by atoms with Crippen molar-refractivity contribution >= 4 is 5.97 Å². The summed E-state index contributed by atoms with van der Waals surface area (Å²) in [6, 6.07) is 3.80. The molecule has 0 aliphatic heterocycles. The van der Waals surface area contributed by atoms with Gasteiger partial charge in [-0.25, -0.2) is 0 Å². The van der Waals surface area contributed by atoms with Gasteiger partial charge in [0.05, 0.1) is 0 Å². The molecule has 0 spiro atoms. The molecule has 0 saturated heterocycles. The molecule has 1 unspecified atom stereocenters. The lowest BCUT2D eigenvalue weighted by atomic mass is 9.76. The summed E-state index contributed by atoms with van der Waals surface area (Å²) in [7, 11) is 0. The molecule has 0 saturated carbocycles. The van der Waals surface area contributed by atoms with Gasteiger partial charge in [-0.2, -0.15) is 0 Å². The maximum absolute atomic E-state index is 12.1. The Morgan fingerprint density at radius 3 is 1.30 bits per heavy atom. The van der Waals surface area contributed by atoms with Crippen LogP contribution >= 0.6 is 0 Å². The fourth-order valence-electron chi connectivity index (χ4n) is 5.32. The number of hydrogen-bond donors (Lipinski definition) is 1. The first kappa shape index (κ1) is 33.5. The third-order valence-corrected chi connectivity index (χ3v) is 7.78. The van der Waals surface area contributed by atoms with E-state index >= 15 is 0 Å². The molecule has 3 nitrogen and oxygen atoms in total. The normalized spacial score (nSPS) is 13.2. The molecule has 0 bridgehead atoms. The van der Waals surface area contributed by atoms with Crippen molar-refractivity contribution < 1.29 is 15.0 Å².